The smallest absolute Gasteiger partial charge is 0.130 e. The van der Waals surface area contributed by atoms with Gasteiger partial charge in [-0.2, -0.15) is 12.6 Å². The van der Waals surface area contributed by atoms with Gasteiger partial charge in [-0.05, 0) is 24.8 Å². The first-order valence-corrected chi connectivity index (χ1v) is 5.74. The molecular formula is C9H12Cl2N2S. The molecule has 0 aliphatic heterocycles. The fraction of sp³-hybridized carbons (Fsp3) is 0.444. The van der Waals surface area contributed by atoms with Crippen molar-refractivity contribution in [3.63, 3.8) is 0 Å². The minimum atomic E-state index is 0.425. The maximum Gasteiger partial charge on any atom is 0.130 e. The van der Waals surface area contributed by atoms with E-state index in [1.807, 2.05) is 0 Å². The van der Waals surface area contributed by atoms with E-state index < -0.39 is 0 Å². The van der Waals surface area contributed by atoms with Crippen LogP contribution >= 0.6 is 35.8 Å². The molecule has 0 bridgehead atoms. The third-order valence-electron chi connectivity index (χ3n) is 1.72. The molecule has 0 atom stereocenters. The summed E-state index contributed by atoms with van der Waals surface area (Å²) in [6, 6.07) is 1.65. The van der Waals surface area contributed by atoms with Crippen molar-refractivity contribution in [3.05, 3.63) is 28.0 Å². The first-order chi connectivity index (χ1) is 6.74. The maximum absolute atomic E-state index is 5.96. The van der Waals surface area contributed by atoms with Crippen molar-refractivity contribution >= 4 is 35.8 Å². The number of hydrogen-bond donors (Lipinski definition) is 2. The Labute approximate surface area is 99.4 Å². The molecule has 0 aliphatic carbocycles. The molecule has 0 unspecified atom stereocenters. The Hall–Kier alpha value is 0.0400. The lowest BCUT2D eigenvalue weighted by Gasteiger charge is -2.05. The van der Waals surface area contributed by atoms with Crippen LogP contribution in [-0.2, 0) is 6.54 Å². The van der Waals surface area contributed by atoms with E-state index in [1.54, 1.807) is 12.3 Å². The molecular weight excluding hydrogens is 239 g/mol. The largest absolute Gasteiger partial charge is 0.313 e. The molecule has 78 valence electrons. The van der Waals surface area contributed by atoms with Gasteiger partial charge in [0.2, 0.25) is 0 Å². The van der Waals surface area contributed by atoms with E-state index in [0.29, 0.717) is 10.2 Å². The molecule has 1 rings (SSSR count). The molecule has 1 heterocycles. The van der Waals surface area contributed by atoms with Crippen LogP contribution in [0.2, 0.25) is 10.2 Å². The second-order valence-electron chi connectivity index (χ2n) is 2.85. The van der Waals surface area contributed by atoms with Gasteiger partial charge in [0.05, 0.1) is 0 Å². The van der Waals surface area contributed by atoms with E-state index in [0.717, 1.165) is 30.8 Å². The summed E-state index contributed by atoms with van der Waals surface area (Å²) in [7, 11) is 0. The van der Waals surface area contributed by atoms with Gasteiger partial charge in [-0.1, -0.05) is 23.2 Å². The van der Waals surface area contributed by atoms with Gasteiger partial charge in [0.1, 0.15) is 5.15 Å². The van der Waals surface area contributed by atoms with Crippen LogP contribution < -0.4 is 5.32 Å². The molecule has 1 aromatic heterocycles. The first kappa shape index (κ1) is 12.1. The van der Waals surface area contributed by atoms with E-state index in [9.17, 15) is 0 Å². The molecule has 0 aliphatic rings. The van der Waals surface area contributed by atoms with E-state index in [2.05, 4.69) is 22.9 Å². The molecule has 1 N–H and O–H groups in total. The summed E-state index contributed by atoms with van der Waals surface area (Å²) in [4.78, 5) is 3.96. The average molecular weight is 251 g/mol. The van der Waals surface area contributed by atoms with E-state index in [1.165, 1.54) is 0 Å². The normalized spacial score (nSPS) is 10.5. The number of nitrogens with one attached hydrogen (secondary N) is 1. The van der Waals surface area contributed by atoms with Gasteiger partial charge in [0.25, 0.3) is 0 Å². The molecule has 0 aromatic carbocycles. The third-order valence-corrected chi connectivity index (χ3v) is 2.60. The summed E-state index contributed by atoms with van der Waals surface area (Å²) in [5, 5.41) is 4.33. The highest BCUT2D eigenvalue weighted by molar-refractivity contribution is 7.80. The summed E-state index contributed by atoms with van der Waals surface area (Å²) in [5.41, 5.74) is 0.968. The number of rotatable bonds is 5. The maximum atomic E-state index is 5.96. The molecule has 0 amide bonds. The van der Waals surface area contributed by atoms with Crippen LogP contribution in [0.3, 0.4) is 0 Å². The second-order valence-corrected chi connectivity index (χ2v) is 4.09. The van der Waals surface area contributed by atoms with Gasteiger partial charge in [0, 0.05) is 23.3 Å². The predicted octanol–water partition coefficient (Wildman–Crippen LogP) is 2.80. The Morgan fingerprint density at radius 2 is 2.21 bits per heavy atom. The van der Waals surface area contributed by atoms with Gasteiger partial charge in [-0.25, -0.2) is 4.98 Å². The zero-order chi connectivity index (χ0) is 10.4. The molecule has 0 saturated carbocycles. The SMILES string of the molecule is SCCCNCc1cnc(Cl)cc1Cl. The fourth-order valence-corrected chi connectivity index (χ4v) is 1.58. The Balaban J connectivity index is 2.42. The number of halogens is 2. The number of aromatic nitrogens is 1. The van der Waals surface area contributed by atoms with Gasteiger partial charge in [0.15, 0.2) is 0 Å². The Morgan fingerprint density at radius 1 is 1.43 bits per heavy atom. The van der Waals surface area contributed by atoms with Crippen LogP contribution in [0.25, 0.3) is 0 Å². The van der Waals surface area contributed by atoms with Crippen molar-refractivity contribution in [1.29, 1.82) is 0 Å². The summed E-state index contributed by atoms with van der Waals surface area (Å²) >= 11 is 15.8. The second kappa shape index (κ2) is 6.51. The van der Waals surface area contributed by atoms with E-state index in [4.69, 9.17) is 23.2 Å². The lowest BCUT2D eigenvalue weighted by Crippen LogP contribution is -2.15. The minimum Gasteiger partial charge on any atom is -0.313 e. The highest BCUT2D eigenvalue weighted by Gasteiger charge is 2.01. The quantitative estimate of drug-likeness (QED) is 0.478. The number of thiol groups is 1. The molecule has 2 nitrogen and oxygen atoms in total. The summed E-state index contributed by atoms with van der Waals surface area (Å²) in [6.07, 6.45) is 2.74. The van der Waals surface area contributed by atoms with Gasteiger partial charge in [-0.15, -0.1) is 0 Å². The molecule has 5 heteroatoms. The lowest BCUT2D eigenvalue weighted by atomic mass is 10.3. The Morgan fingerprint density at radius 3 is 2.86 bits per heavy atom. The predicted molar refractivity (Wildman–Crippen MR) is 64.4 cm³/mol. The Kier molecular flexibility index (Phi) is 5.63. The van der Waals surface area contributed by atoms with E-state index in [-0.39, 0.29) is 0 Å². The average Bonchev–Trinajstić information content (AvgIpc) is 2.15. The van der Waals surface area contributed by atoms with Crippen LogP contribution in [0.1, 0.15) is 12.0 Å². The highest BCUT2D eigenvalue weighted by Crippen LogP contribution is 2.18. The molecule has 0 radical (unpaired) electrons. The van der Waals surface area contributed by atoms with Gasteiger partial charge >= 0.3 is 0 Å². The van der Waals surface area contributed by atoms with Crippen molar-refractivity contribution in [1.82, 2.24) is 10.3 Å². The van der Waals surface area contributed by atoms with Crippen LogP contribution in [0.15, 0.2) is 12.3 Å². The van der Waals surface area contributed by atoms with Crippen LogP contribution in [0.4, 0.5) is 0 Å². The standard InChI is InChI=1S/C9H12Cl2N2S/c10-8-4-9(11)13-6-7(8)5-12-2-1-3-14/h4,6,12,14H,1-3,5H2. The molecule has 1 aromatic rings. The lowest BCUT2D eigenvalue weighted by molar-refractivity contribution is 0.678. The third kappa shape index (κ3) is 4.05. The molecule has 0 spiro atoms. The number of nitrogens with zero attached hydrogens (tertiary/aromatic N) is 1. The summed E-state index contributed by atoms with van der Waals surface area (Å²) in [6.45, 7) is 1.65. The number of pyridine rings is 1. The van der Waals surface area contributed by atoms with Gasteiger partial charge in [-0.3, -0.25) is 0 Å². The highest BCUT2D eigenvalue weighted by atomic mass is 35.5. The topological polar surface area (TPSA) is 24.9 Å². The minimum absolute atomic E-state index is 0.425. The zero-order valence-electron chi connectivity index (χ0n) is 7.63. The van der Waals surface area contributed by atoms with Crippen molar-refractivity contribution in [3.8, 4) is 0 Å². The van der Waals surface area contributed by atoms with Gasteiger partial charge < -0.3 is 5.32 Å². The fourth-order valence-electron chi connectivity index (χ4n) is 0.993. The number of hydrogen-bond acceptors (Lipinski definition) is 3. The molecule has 0 saturated heterocycles. The van der Waals surface area contributed by atoms with Crippen molar-refractivity contribution in [2.45, 2.75) is 13.0 Å². The van der Waals surface area contributed by atoms with Crippen LogP contribution in [0.5, 0.6) is 0 Å². The summed E-state index contributed by atoms with van der Waals surface area (Å²) < 4.78 is 0. The zero-order valence-corrected chi connectivity index (χ0v) is 10.0. The van der Waals surface area contributed by atoms with Crippen molar-refractivity contribution in [2.75, 3.05) is 12.3 Å². The van der Waals surface area contributed by atoms with E-state index >= 15 is 0 Å². The van der Waals surface area contributed by atoms with Crippen molar-refractivity contribution < 1.29 is 0 Å². The Bertz CT molecular complexity index is 294. The first-order valence-electron chi connectivity index (χ1n) is 4.35. The van der Waals surface area contributed by atoms with Crippen LogP contribution in [0, 0.1) is 0 Å². The molecule has 0 fully saturated rings. The van der Waals surface area contributed by atoms with Crippen LogP contribution in [-0.4, -0.2) is 17.3 Å². The molecule has 14 heavy (non-hydrogen) atoms. The summed E-state index contributed by atoms with van der Waals surface area (Å²) in [5.74, 6) is 0.888. The monoisotopic (exact) mass is 250 g/mol. The van der Waals surface area contributed by atoms with Crippen molar-refractivity contribution in [2.24, 2.45) is 0 Å².